The smallest absolute Gasteiger partial charge is 0.272 e. The van der Waals surface area contributed by atoms with Crippen molar-refractivity contribution in [2.45, 2.75) is 31.7 Å². The van der Waals surface area contributed by atoms with Crippen LogP contribution in [-0.2, 0) is 14.8 Å². The Morgan fingerprint density at radius 1 is 1.06 bits per heavy atom. The van der Waals surface area contributed by atoms with E-state index in [0.717, 1.165) is 23.7 Å². The zero-order chi connectivity index (χ0) is 22.0. The highest BCUT2D eigenvalue weighted by Gasteiger charge is 2.39. The predicted molar refractivity (Wildman–Crippen MR) is 118 cm³/mol. The van der Waals surface area contributed by atoms with Gasteiger partial charge in [-0.2, -0.15) is 4.31 Å². The van der Waals surface area contributed by atoms with Gasteiger partial charge in [-0.3, -0.25) is 9.59 Å². The molecule has 1 aromatic carbocycles. The van der Waals surface area contributed by atoms with Crippen LogP contribution in [0, 0.1) is 5.92 Å². The average Bonchev–Trinajstić information content (AvgIpc) is 2.76. The number of para-hydroxylation sites is 1. The van der Waals surface area contributed by atoms with Gasteiger partial charge in [-0.05, 0) is 25.0 Å². The molecule has 1 N–H and O–H groups in total. The number of nitrogens with one attached hydrogen (secondary N) is 1. The largest absolute Gasteiger partial charge is 0.354 e. The number of amides is 2. The topological polar surface area (TPSA) is 99.7 Å². The Morgan fingerprint density at radius 2 is 1.84 bits per heavy atom. The number of pyridine rings is 1. The molecule has 1 saturated heterocycles. The molecule has 4 rings (SSSR count). The van der Waals surface area contributed by atoms with Crippen LogP contribution in [0.2, 0.25) is 0 Å². The fourth-order valence-corrected chi connectivity index (χ4v) is 5.82. The zero-order valence-electron chi connectivity index (χ0n) is 17.7. The SMILES string of the molecule is CS(=O)(=O)N1CCN(C(=O)c2ccc3ccccc3n2)CCNC(=O)C2CCCCC21. The number of hydrogen-bond donors (Lipinski definition) is 1. The summed E-state index contributed by atoms with van der Waals surface area (Å²) in [6.45, 7) is 1.06. The van der Waals surface area contributed by atoms with Gasteiger partial charge in [-0.25, -0.2) is 13.4 Å². The minimum atomic E-state index is -3.53. The first kappa shape index (κ1) is 21.7. The number of hydrogen-bond acceptors (Lipinski definition) is 5. The van der Waals surface area contributed by atoms with Crippen LogP contribution in [0.1, 0.15) is 36.2 Å². The molecular weight excluding hydrogens is 416 g/mol. The van der Waals surface area contributed by atoms with Crippen molar-refractivity contribution in [2.75, 3.05) is 32.4 Å². The van der Waals surface area contributed by atoms with Crippen molar-refractivity contribution in [2.24, 2.45) is 5.92 Å². The van der Waals surface area contributed by atoms with Gasteiger partial charge in [0.1, 0.15) is 5.69 Å². The van der Waals surface area contributed by atoms with Crippen molar-refractivity contribution in [3.8, 4) is 0 Å². The van der Waals surface area contributed by atoms with E-state index in [0.29, 0.717) is 31.6 Å². The number of carbonyl (C=O) groups excluding carboxylic acids is 2. The van der Waals surface area contributed by atoms with Crippen LogP contribution in [0.25, 0.3) is 10.9 Å². The summed E-state index contributed by atoms with van der Waals surface area (Å²) in [7, 11) is -3.53. The molecule has 2 fully saturated rings. The molecule has 2 aliphatic rings. The molecule has 2 amide bonds. The quantitative estimate of drug-likeness (QED) is 0.759. The van der Waals surface area contributed by atoms with E-state index < -0.39 is 10.0 Å². The van der Waals surface area contributed by atoms with Gasteiger partial charge < -0.3 is 10.2 Å². The zero-order valence-corrected chi connectivity index (χ0v) is 18.5. The third-order valence-corrected chi connectivity index (χ3v) is 7.54. The summed E-state index contributed by atoms with van der Waals surface area (Å²) in [5, 5.41) is 3.86. The van der Waals surface area contributed by atoms with Crippen LogP contribution in [0.4, 0.5) is 0 Å². The van der Waals surface area contributed by atoms with Crippen molar-refractivity contribution in [1.29, 1.82) is 0 Å². The van der Waals surface area contributed by atoms with E-state index in [2.05, 4.69) is 10.3 Å². The maximum atomic E-state index is 13.2. The molecule has 31 heavy (non-hydrogen) atoms. The Hall–Kier alpha value is -2.52. The highest BCUT2D eigenvalue weighted by atomic mass is 32.2. The van der Waals surface area contributed by atoms with E-state index in [1.54, 1.807) is 11.0 Å². The molecule has 1 aliphatic carbocycles. The average molecular weight is 445 g/mol. The van der Waals surface area contributed by atoms with Crippen LogP contribution in [0.3, 0.4) is 0 Å². The lowest BCUT2D eigenvalue weighted by atomic mass is 9.83. The lowest BCUT2D eigenvalue weighted by Crippen LogP contribution is -2.55. The molecule has 0 radical (unpaired) electrons. The monoisotopic (exact) mass is 444 g/mol. The van der Waals surface area contributed by atoms with Crippen LogP contribution in [-0.4, -0.2) is 72.9 Å². The normalized spacial score (nSPS) is 23.8. The molecule has 9 heteroatoms. The molecule has 2 aromatic rings. The number of nitrogens with zero attached hydrogens (tertiary/aromatic N) is 3. The molecule has 2 heterocycles. The summed E-state index contributed by atoms with van der Waals surface area (Å²) in [4.78, 5) is 32.1. The standard InChI is InChI=1S/C22H28N4O4S/c1-31(29,30)26-15-14-25(13-12-23-21(27)17-7-3-5-9-20(17)26)22(28)19-11-10-16-6-2-4-8-18(16)24-19/h2,4,6,8,10-11,17,20H,3,5,7,9,12-15H2,1H3,(H,23,27). The maximum Gasteiger partial charge on any atom is 0.272 e. The van der Waals surface area contributed by atoms with Crippen molar-refractivity contribution in [3.05, 3.63) is 42.1 Å². The molecule has 1 saturated carbocycles. The van der Waals surface area contributed by atoms with Gasteiger partial charge in [0.25, 0.3) is 5.91 Å². The third kappa shape index (κ3) is 4.72. The van der Waals surface area contributed by atoms with Gasteiger partial charge in [0.05, 0.1) is 17.7 Å². The molecule has 166 valence electrons. The minimum Gasteiger partial charge on any atom is -0.354 e. The Bertz CT molecular complexity index is 1090. The summed E-state index contributed by atoms with van der Waals surface area (Å²) in [5.41, 5.74) is 1.04. The van der Waals surface area contributed by atoms with Crippen LogP contribution in [0.5, 0.6) is 0 Å². The van der Waals surface area contributed by atoms with E-state index in [4.69, 9.17) is 0 Å². The van der Waals surface area contributed by atoms with E-state index in [9.17, 15) is 18.0 Å². The summed E-state index contributed by atoms with van der Waals surface area (Å²) >= 11 is 0. The summed E-state index contributed by atoms with van der Waals surface area (Å²) in [6, 6.07) is 10.7. The van der Waals surface area contributed by atoms with Crippen LogP contribution < -0.4 is 5.32 Å². The first-order valence-corrected chi connectivity index (χ1v) is 12.6. The van der Waals surface area contributed by atoms with Crippen molar-refractivity contribution in [1.82, 2.24) is 19.5 Å². The molecule has 2 unspecified atom stereocenters. The Kier molecular flexibility index (Phi) is 6.24. The number of carbonyl (C=O) groups is 2. The summed E-state index contributed by atoms with van der Waals surface area (Å²) < 4.78 is 26.6. The second kappa shape index (κ2) is 8.92. The number of aromatic nitrogens is 1. The molecule has 0 bridgehead atoms. The van der Waals surface area contributed by atoms with E-state index in [1.165, 1.54) is 10.6 Å². The van der Waals surface area contributed by atoms with Gasteiger partial charge in [0, 0.05) is 37.6 Å². The van der Waals surface area contributed by atoms with Crippen molar-refractivity contribution < 1.29 is 18.0 Å². The molecule has 1 aromatic heterocycles. The lowest BCUT2D eigenvalue weighted by Gasteiger charge is -2.39. The second-order valence-corrected chi connectivity index (χ2v) is 10.2. The molecule has 0 spiro atoms. The number of fused-ring (bicyclic) bond motifs is 2. The Balaban J connectivity index is 1.60. The Labute approximate surface area is 182 Å². The third-order valence-electron chi connectivity index (χ3n) is 6.24. The first-order chi connectivity index (χ1) is 14.8. The fourth-order valence-electron chi connectivity index (χ4n) is 4.67. The number of benzene rings is 1. The van der Waals surface area contributed by atoms with Crippen LogP contribution in [0.15, 0.2) is 36.4 Å². The molecule has 2 atom stereocenters. The van der Waals surface area contributed by atoms with E-state index in [1.807, 2.05) is 30.3 Å². The molecule has 1 aliphatic heterocycles. The first-order valence-electron chi connectivity index (χ1n) is 10.7. The summed E-state index contributed by atoms with van der Waals surface area (Å²) in [6.07, 6.45) is 4.34. The minimum absolute atomic E-state index is 0.128. The maximum absolute atomic E-state index is 13.2. The Morgan fingerprint density at radius 3 is 2.65 bits per heavy atom. The van der Waals surface area contributed by atoms with Gasteiger partial charge in [0.2, 0.25) is 15.9 Å². The van der Waals surface area contributed by atoms with Gasteiger partial charge >= 0.3 is 0 Å². The van der Waals surface area contributed by atoms with Crippen molar-refractivity contribution in [3.63, 3.8) is 0 Å². The predicted octanol–water partition coefficient (Wildman–Crippen LogP) is 1.63. The second-order valence-electron chi connectivity index (χ2n) is 8.30. The fraction of sp³-hybridized carbons (Fsp3) is 0.500. The van der Waals surface area contributed by atoms with Gasteiger partial charge in [0.15, 0.2) is 0 Å². The molecular formula is C22H28N4O4S. The highest BCUT2D eigenvalue weighted by Crippen LogP contribution is 2.30. The van der Waals surface area contributed by atoms with Crippen molar-refractivity contribution >= 4 is 32.7 Å². The molecule has 8 nitrogen and oxygen atoms in total. The number of rotatable bonds is 2. The number of sulfonamides is 1. The van der Waals surface area contributed by atoms with E-state index in [-0.39, 0.29) is 36.9 Å². The summed E-state index contributed by atoms with van der Waals surface area (Å²) in [5.74, 6) is -0.737. The van der Waals surface area contributed by atoms with Crippen LogP contribution >= 0.6 is 0 Å². The van der Waals surface area contributed by atoms with Gasteiger partial charge in [-0.1, -0.05) is 37.1 Å². The lowest BCUT2D eigenvalue weighted by molar-refractivity contribution is -0.127. The highest BCUT2D eigenvalue weighted by molar-refractivity contribution is 7.88. The van der Waals surface area contributed by atoms with E-state index >= 15 is 0 Å². The van der Waals surface area contributed by atoms with Gasteiger partial charge in [-0.15, -0.1) is 0 Å².